The van der Waals surface area contributed by atoms with Crippen molar-refractivity contribution in [2.24, 2.45) is 0 Å². The van der Waals surface area contributed by atoms with Crippen molar-refractivity contribution in [1.82, 2.24) is 15.1 Å². The number of hydrogen-bond donors (Lipinski definition) is 2. The van der Waals surface area contributed by atoms with Gasteiger partial charge in [-0.25, -0.2) is 4.68 Å². The number of aliphatic hydroxyl groups is 1. The molecule has 4 aromatic rings. The minimum Gasteiger partial charge on any atom is -0.394 e. The SMILES string of the molecule is O=C(NC(CO)c1ccccc1)c1nn(-c2ccc(Cl)cc2Cl)c2c1CCCCC2=Cc1ccc(Cl)cc1. The van der Waals surface area contributed by atoms with Gasteiger partial charge in [0.2, 0.25) is 0 Å². The van der Waals surface area contributed by atoms with E-state index in [0.717, 1.165) is 47.2 Å². The van der Waals surface area contributed by atoms with Crippen LogP contribution in [0.15, 0.2) is 72.8 Å². The van der Waals surface area contributed by atoms with Gasteiger partial charge in [0.25, 0.3) is 5.91 Å². The number of nitrogens with one attached hydrogen (secondary N) is 1. The molecule has 0 saturated carbocycles. The molecule has 2 N–H and O–H groups in total. The maximum Gasteiger partial charge on any atom is 0.272 e. The molecule has 5 rings (SSSR count). The molecule has 1 aliphatic carbocycles. The Kier molecular flexibility index (Phi) is 8.20. The molecule has 0 radical (unpaired) electrons. The van der Waals surface area contributed by atoms with Crippen LogP contribution in [-0.2, 0) is 6.42 Å². The molecule has 1 aliphatic rings. The highest BCUT2D eigenvalue weighted by atomic mass is 35.5. The van der Waals surface area contributed by atoms with Gasteiger partial charge in [-0.1, -0.05) is 77.3 Å². The van der Waals surface area contributed by atoms with Crippen molar-refractivity contribution in [2.75, 3.05) is 6.61 Å². The second kappa shape index (κ2) is 11.7. The van der Waals surface area contributed by atoms with Crippen LogP contribution in [0.25, 0.3) is 17.3 Å². The summed E-state index contributed by atoms with van der Waals surface area (Å²) in [5.41, 5.74) is 5.55. The van der Waals surface area contributed by atoms with Gasteiger partial charge in [-0.05, 0) is 78.8 Å². The van der Waals surface area contributed by atoms with Crippen LogP contribution in [-0.4, -0.2) is 27.4 Å². The van der Waals surface area contributed by atoms with Crippen molar-refractivity contribution >= 4 is 52.4 Å². The van der Waals surface area contributed by atoms with Crippen LogP contribution in [0, 0.1) is 0 Å². The molecule has 0 spiro atoms. The summed E-state index contributed by atoms with van der Waals surface area (Å²) in [5.74, 6) is -0.347. The summed E-state index contributed by atoms with van der Waals surface area (Å²) in [6.45, 7) is -0.233. The summed E-state index contributed by atoms with van der Waals surface area (Å²) < 4.78 is 1.76. The molecule has 1 unspecified atom stereocenters. The number of carbonyl (C=O) groups excluding carboxylic acids is 1. The fourth-order valence-electron chi connectivity index (χ4n) is 4.81. The first-order valence-corrected chi connectivity index (χ1v) is 13.6. The van der Waals surface area contributed by atoms with E-state index in [1.165, 1.54) is 0 Å². The number of hydrogen-bond acceptors (Lipinski definition) is 3. The molecule has 8 heteroatoms. The maximum absolute atomic E-state index is 13.7. The van der Waals surface area contributed by atoms with Crippen LogP contribution >= 0.6 is 34.8 Å². The molecule has 3 aromatic carbocycles. The van der Waals surface area contributed by atoms with Crippen molar-refractivity contribution in [2.45, 2.75) is 31.7 Å². The average molecular weight is 567 g/mol. The van der Waals surface area contributed by atoms with Gasteiger partial charge < -0.3 is 10.4 Å². The van der Waals surface area contributed by atoms with E-state index in [0.29, 0.717) is 32.9 Å². The molecule has 194 valence electrons. The smallest absolute Gasteiger partial charge is 0.272 e. The Morgan fingerprint density at radius 3 is 2.39 bits per heavy atom. The summed E-state index contributed by atoms with van der Waals surface area (Å²) >= 11 is 18.9. The van der Waals surface area contributed by atoms with Gasteiger partial charge in [-0.2, -0.15) is 5.10 Å². The molecule has 1 atom stereocenters. The third-order valence-electron chi connectivity index (χ3n) is 6.66. The van der Waals surface area contributed by atoms with Crippen LogP contribution in [0.5, 0.6) is 0 Å². The van der Waals surface area contributed by atoms with E-state index in [4.69, 9.17) is 39.9 Å². The Labute approximate surface area is 236 Å². The fourth-order valence-corrected chi connectivity index (χ4v) is 5.42. The number of halogens is 3. The lowest BCUT2D eigenvalue weighted by Gasteiger charge is -2.16. The Bertz CT molecular complexity index is 1480. The molecule has 0 bridgehead atoms. The minimum absolute atomic E-state index is 0.233. The third-order valence-corrected chi connectivity index (χ3v) is 7.45. The predicted molar refractivity (Wildman–Crippen MR) is 154 cm³/mol. The van der Waals surface area contributed by atoms with E-state index in [2.05, 4.69) is 11.4 Å². The van der Waals surface area contributed by atoms with Crippen molar-refractivity contribution in [3.05, 3.63) is 116 Å². The summed E-state index contributed by atoms with van der Waals surface area (Å²) in [4.78, 5) is 13.7. The van der Waals surface area contributed by atoms with Crippen molar-refractivity contribution in [3.63, 3.8) is 0 Å². The molecular weight excluding hydrogens is 541 g/mol. The lowest BCUT2D eigenvalue weighted by atomic mass is 10.0. The van der Waals surface area contributed by atoms with Crippen LogP contribution in [0.3, 0.4) is 0 Å². The molecule has 1 amide bonds. The highest BCUT2D eigenvalue weighted by Crippen LogP contribution is 2.37. The zero-order chi connectivity index (χ0) is 26.6. The highest BCUT2D eigenvalue weighted by molar-refractivity contribution is 6.35. The van der Waals surface area contributed by atoms with E-state index in [1.807, 2.05) is 60.7 Å². The van der Waals surface area contributed by atoms with Crippen molar-refractivity contribution < 1.29 is 9.90 Å². The number of aromatic nitrogens is 2. The zero-order valence-corrected chi connectivity index (χ0v) is 22.8. The van der Waals surface area contributed by atoms with E-state index < -0.39 is 6.04 Å². The average Bonchev–Trinajstić information content (AvgIpc) is 3.17. The van der Waals surface area contributed by atoms with Crippen LogP contribution < -0.4 is 5.32 Å². The first-order chi connectivity index (χ1) is 18.4. The topological polar surface area (TPSA) is 67.2 Å². The number of aliphatic hydroxyl groups excluding tert-OH is 1. The molecule has 1 heterocycles. The van der Waals surface area contributed by atoms with Crippen molar-refractivity contribution in [1.29, 1.82) is 0 Å². The molecule has 5 nitrogen and oxygen atoms in total. The zero-order valence-electron chi connectivity index (χ0n) is 20.5. The molecule has 0 fully saturated rings. The molecular formula is C30H26Cl3N3O2. The van der Waals surface area contributed by atoms with E-state index in [-0.39, 0.29) is 12.5 Å². The Hall–Kier alpha value is -3.09. The third kappa shape index (κ3) is 5.67. The number of amides is 1. The lowest BCUT2D eigenvalue weighted by Crippen LogP contribution is -2.31. The number of allylic oxidation sites excluding steroid dienone is 1. The summed E-state index contributed by atoms with van der Waals surface area (Å²) in [7, 11) is 0. The molecule has 0 aliphatic heterocycles. The van der Waals surface area contributed by atoms with Gasteiger partial charge in [-0.15, -0.1) is 0 Å². The van der Waals surface area contributed by atoms with E-state index >= 15 is 0 Å². The second-order valence-electron chi connectivity index (χ2n) is 9.23. The molecule has 0 saturated heterocycles. The van der Waals surface area contributed by atoms with Gasteiger partial charge in [0.1, 0.15) is 0 Å². The lowest BCUT2D eigenvalue weighted by molar-refractivity contribution is 0.0909. The Morgan fingerprint density at radius 2 is 1.68 bits per heavy atom. The van der Waals surface area contributed by atoms with Crippen LogP contribution in [0.2, 0.25) is 15.1 Å². The van der Waals surface area contributed by atoms with Gasteiger partial charge in [0, 0.05) is 15.6 Å². The maximum atomic E-state index is 13.7. The fraction of sp³-hybridized carbons (Fsp3) is 0.200. The molecule has 1 aromatic heterocycles. The van der Waals surface area contributed by atoms with E-state index in [9.17, 15) is 9.90 Å². The summed E-state index contributed by atoms with van der Waals surface area (Å²) in [5, 5.41) is 19.4. The number of benzene rings is 3. The standard InChI is InChI=1S/C30H26Cl3N3O2/c31-22-12-10-19(11-13-22)16-21-8-4-5-9-24-28(30(38)34-26(18-37)20-6-2-1-3-7-20)35-36(29(21)24)27-15-14-23(32)17-25(27)33/h1-3,6-7,10-17,26,37H,4-5,8-9,18H2,(H,34,38). The monoisotopic (exact) mass is 565 g/mol. The predicted octanol–water partition coefficient (Wildman–Crippen LogP) is 7.56. The number of fused-ring (bicyclic) bond motifs is 1. The Balaban J connectivity index is 1.64. The summed E-state index contributed by atoms with van der Waals surface area (Å²) in [6.07, 6.45) is 5.50. The largest absolute Gasteiger partial charge is 0.394 e. The minimum atomic E-state index is -0.557. The summed E-state index contributed by atoms with van der Waals surface area (Å²) in [6, 6.07) is 21.7. The van der Waals surface area contributed by atoms with Gasteiger partial charge in [-0.3, -0.25) is 4.79 Å². The first kappa shape index (κ1) is 26.5. The van der Waals surface area contributed by atoms with Gasteiger partial charge >= 0.3 is 0 Å². The second-order valence-corrected chi connectivity index (χ2v) is 10.5. The molecule has 38 heavy (non-hydrogen) atoms. The number of nitrogens with zero attached hydrogens (tertiary/aromatic N) is 2. The Morgan fingerprint density at radius 1 is 0.974 bits per heavy atom. The normalized spacial score (nSPS) is 15.1. The first-order valence-electron chi connectivity index (χ1n) is 12.4. The van der Waals surface area contributed by atoms with Crippen molar-refractivity contribution in [3.8, 4) is 5.69 Å². The quantitative estimate of drug-likeness (QED) is 0.237. The van der Waals surface area contributed by atoms with Gasteiger partial charge in [0.15, 0.2) is 5.69 Å². The van der Waals surface area contributed by atoms with Crippen LogP contribution in [0.4, 0.5) is 0 Å². The number of carbonyl (C=O) groups is 1. The van der Waals surface area contributed by atoms with E-state index in [1.54, 1.807) is 16.8 Å². The number of rotatable bonds is 6. The van der Waals surface area contributed by atoms with Crippen LogP contribution in [0.1, 0.15) is 58.2 Å². The van der Waals surface area contributed by atoms with Gasteiger partial charge in [0.05, 0.1) is 29.1 Å². The highest BCUT2D eigenvalue weighted by Gasteiger charge is 2.29.